The first-order valence-electron chi connectivity index (χ1n) is 5.77. The van der Waals surface area contributed by atoms with Gasteiger partial charge < -0.3 is 10.2 Å². The Balaban J connectivity index is 2.76. The van der Waals surface area contributed by atoms with E-state index in [0.717, 1.165) is 0 Å². The van der Waals surface area contributed by atoms with Crippen molar-refractivity contribution in [3.63, 3.8) is 0 Å². The predicted octanol–water partition coefficient (Wildman–Crippen LogP) is -0.119. The number of nitrogens with zero attached hydrogens (tertiary/aromatic N) is 1. The van der Waals surface area contributed by atoms with Crippen molar-refractivity contribution in [2.24, 2.45) is 0 Å². The van der Waals surface area contributed by atoms with Crippen LogP contribution in [0.1, 0.15) is 27.7 Å². The van der Waals surface area contributed by atoms with Crippen LogP contribution in [0.4, 0.5) is 0 Å². The molecule has 1 rings (SSSR count). The van der Waals surface area contributed by atoms with Crippen molar-refractivity contribution >= 4 is 22.6 Å². The molecule has 0 aromatic rings. The molecule has 0 aliphatic carbocycles. The highest BCUT2D eigenvalue weighted by atomic mass is 32.2. The molecule has 1 aliphatic rings. The number of carbonyl (C=O) groups excluding carboxylic acids is 2. The van der Waals surface area contributed by atoms with Crippen LogP contribution >= 0.6 is 0 Å². The first kappa shape index (κ1) is 14.2. The van der Waals surface area contributed by atoms with Crippen LogP contribution in [0.5, 0.6) is 0 Å². The molecule has 1 heterocycles. The third-order valence-corrected chi connectivity index (χ3v) is 4.24. The average molecular weight is 260 g/mol. The minimum Gasteiger partial charge on any atom is -0.340 e. The van der Waals surface area contributed by atoms with Crippen LogP contribution in [-0.2, 0) is 20.4 Å². The maximum atomic E-state index is 12.1. The largest absolute Gasteiger partial charge is 0.340 e. The van der Waals surface area contributed by atoms with E-state index < -0.39 is 22.4 Å². The fourth-order valence-electron chi connectivity index (χ4n) is 1.78. The number of hydrogen-bond donors (Lipinski definition) is 1. The molecule has 6 heteroatoms. The van der Waals surface area contributed by atoms with Crippen LogP contribution in [0.15, 0.2) is 0 Å². The molecule has 1 fully saturated rings. The Bertz CT molecular complexity index is 355. The molecule has 0 bridgehead atoms. The van der Waals surface area contributed by atoms with Crippen LogP contribution in [0.2, 0.25) is 0 Å². The van der Waals surface area contributed by atoms with Gasteiger partial charge in [0, 0.05) is 28.9 Å². The summed E-state index contributed by atoms with van der Waals surface area (Å²) in [6.45, 7) is 7.27. The second-order valence-electron chi connectivity index (χ2n) is 4.72. The molecule has 1 N–H and O–H groups in total. The monoisotopic (exact) mass is 260 g/mol. The highest BCUT2D eigenvalue weighted by molar-refractivity contribution is 7.84. The van der Waals surface area contributed by atoms with E-state index in [-0.39, 0.29) is 11.8 Å². The quantitative estimate of drug-likeness (QED) is 0.766. The molecule has 1 saturated heterocycles. The maximum Gasteiger partial charge on any atom is 0.248 e. The van der Waals surface area contributed by atoms with Gasteiger partial charge in [-0.1, -0.05) is 6.92 Å². The lowest BCUT2D eigenvalue weighted by atomic mass is 9.97. The number of piperazine rings is 1. The minimum atomic E-state index is -0.920. The van der Waals surface area contributed by atoms with E-state index in [4.69, 9.17) is 0 Å². The van der Waals surface area contributed by atoms with Crippen molar-refractivity contribution in [2.75, 3.05) is 18.1 Å². The molecule has 98 valence electrons. The Hall–Kier alpha value is -0.910. The summed E-state index contributed by atoms with van der Waals surface area (Å²) in [5, 5.41) is 2.68. The minimum absolute atomic E-state index is 0.113. The molecular formula is C11H20N2O3S. The zero-order chi connectivity index (χ0) is 13.2. The Morgan fingerprint density at radius 2 is 2.00 bits per heavy atom. The molecule has 0 aromatic heterocycles. The van der Waals surface area contributed by atoms with Crippen molar-refractivity contribution in [1.29, 1.82) is 0 Å². The van der Waals surface area contributed by atoms with Gasteiger partial charge in [-0.2, -0.15) is 0 Å². The highest BCUT2D eigenvalue weighted by Crippen LogP contribution is 2.17. The number of carbonyl (C=O) groups is 2. The normalized spacial score (nSPS) is 25.6. The van der Waals surface area contributed by atoms with Crippen LogP contribution in [0.25, 0.3) is 0 Å². The fraction of sp³-hybridized carbons (Fsp3) is 0.818. The van der Waals surface area contributed by atoms with E-state index in [1.807, 2.05) is 6.92 Å². The Labute approximate surface area is 104 Å². The van der Waals surface area contributed by atoms with Crippen LogP contribution < -0.4 is 5.32 Å². The van der Waals surface area contributed by atoms with E-state index in [1.165, 1.54) is 4.90 Å². The fourth-order valence-corrected chi connectivity index (χ4v) is 2.47. The average Bonchev–Trinajstić information content (AvgIpc) is 2.25. The van der Waals surface area contributed by atoms with Gasteiger partial charge in [0.25, 0.3) is 0 Å². The molecule has 1 aliphatic heterocycles. The lowest BCUT2D eigenvalue weighted by Crippen LogP contribution is -2.67. The zero-order valence-electron chi connectivity index (χ0n) is 10.8. The Kier molecular flexibility index (Phi) is 4.30. The topological polar surface area (TPSA) is 66.5 Å². The van der Waals surface area contributed by atoms with E-state index in [1.54, 1.807) is 20.8 Å². The summed E-state index contributed by atoms with van der Waals surface area (Å²) in [5.41, 5.74) is -0.864. The molecule has 0 saturated carbocycles. The van der Waals surface area contributed by atoms with Gasteiger partial charge in [0.1, 0.15) is 11.6 Å². The molecule has 2 amide bonds. The predicted molar refractivity (Wildman–Crippen MR) is 66.9 cm³/mol. The molecule has 2 atom stereocenters. The molecule has 0 aromatic carbocycles. The molecule has 0 radical (unpaired) electrons. The third kappa shape index (κ3) is 3.06. The summed E-state index contributed by atoms with van der Waals surface area (Å²) in [7, 11) is -0.920. The van der Waals surface area contributed by atoms with Crippen LogP contribution in [0.3, 0.4) is 0 Å². The molecule has 2 unspecified atom stereocenters. The smallest absolute Gasteiger partial charge is 0.248 e. The summed E-state index contributed by atoms with van der Waals surface area (Å²) >= 11 is 0. The second-order valence-corrected chi connectivity index (χ2v) is 6.59. The van der Waals surface area contributed by atoms with Crippen molar-refractivity contribution in [2.45, 2.75) is 39.3 Å². The maximum absolute atomic E-state index is 12.1. The summed E-state index contributed by atoms with van der Waals surface area (Å²) in [5.74, 6) is 0.733. The van der Waals surface area contributed by atoms with Crippen molar-refractivity contribution in [1.82, 2.24) is 10.2 Å². The molecule has 0 spiro atoms. The van der Waals surface area contributed by atoms with E-state index in [9.17, 15) is 13.8 Å². The Morgan fingerprint density at radius 3 is 2.53 bits per heavy atom. The van der Waals surface area contributed by atoms with E-state index >= 15 is 0 Å². The summed E-state index contributed by atoms with van der Waals surface area (Å²) in [6.07, 6.45) is 0. The van der Waals surface area contributed by atoms with Crippen molar-refractivity contribution < 1.29 is 13.8 Å². The van der Waals surface area contributed by atoms with Crippen molar-refractivity contribution in [3.8, 4) is 0 Å². The SMILES string of the molecule is CCS(=O)CCN1C(=O)C(C)(C)NC(=O)C1C. The van der Waals surface area contributed by atoms with Gasteiger partial charge >= 0.3 is 0 Å². The highest BCUT2D eigenvalue weighted by Gasteiger charge is 2.43. The van der Waals surface area contributed by atoms with Crippen molar-refractivity contribution in [3.05, 3.63) is 0 Å². The molecule has 17 heavy (non-hydrogen) atoms. The van der Waals surface area contributed by atoms with E-state index in [0.29, 0.717) is 18.1 Å². The molecular weight excluding hydrogens is 240 g/mol. The first-order valence-corrected chi connectivity index (χ1v) is 7.26. The van der Waals surface area contributed by atoms with E-state index in [2.05, 4.69) is 5.32 Å². The van der Waals surface area contributed by atoms with Gasteiger partial charge in [-0.3, -0.25) is 13.8 Å². The summed E-state index contributed by atoms with van der Waals surface area (Å²) in [4.78, 5) is 25.3. The number of amides is 2. The number of rotatable bonds is 4. The number of hydrogen-bond acceptors (Lipinski definition) is 3. The lowest BCUT2D eigenvalue weighted by molar-refractivity contribution is -0.152. The zero-order valence-corrected chi connectivity index (χ0v) is 11.6. The number of nitrogens with one attached hydrogen (secondary N) is 1. The standard InChI is InChI=1S/C11H20N2O3S/c1-5-17(16)7-6-13-8(2)9(14)12-11(3,4)10(13)15/h8H,5-7H2,1-4H3,(H,12,14). The molecule has 5 nitrogen and oxygen atoms in total. The van der Waals surface area contributed by atoms with Gasteiger partial charge in [0.05, 0.1) is 0 Å². The van der Waals surface area contributed by atoms with Gasteiger partial charge in [-0.25, -0.2) is 0 Å². The van der Waals surface area contributed by atoms with Gasteiger partial charge in [0.15, 0.2) is 0 Å². The summed E-state index contributed by atoms with van der Waals surface area (Å²) < 4.78 is 11.4. The third-order valence-electron chi connectivity index (χ3n) is 2.96. The Morgan fingerprint density at radius 1 is 1.41 bits per heavy atom. The van der Waals surface area contributed by atoms with Crippen LogP contribution in [-0.4, -0.2) is 50.6 Å². The van der Waals surface area contributed by atoms with Gasteiger partial charge in [-0.15, -0.1) is 0 Å². The second kappa shape index (κ2) is 5.16. The lowest BCUT2D eigenvalue weighted by Gasteiger charge is -2.41. The van der Waals surface area contributed by atoms with Gasteiger partial charge in [0.2, 0.25) is 11.8 Å². The summed E-state index contributed by atoms with van der Waals surface area (Å²) in [6, 6.07) is -0.482. The first-order chi connectivity index (χ1) is 7.79. The van der Waals surface area contributed by atoms with Gasteiger partial charge in [-0.05, 0) is 20.8 Å². The van der Waals surface area contributed by atoms with Crippen LogP contribution in [0, 0.1) is 0 Å².